The summed E-state index contributed by atoms with van der Waals surface area (Å²) in [5, 5.41) is 3.76. The molecule has 0 amide bonds. The third-order valence-electron chi connectivity index (χ3n) is 7.54. The van der Waals surface area contributed by atoms with Crippen molar-refractivity contribution < 1.29 is 15.6 Å². The van der Waals surface area contributed by atoms with E-state index in [0.29, 0.717) is 6.79 Å². The Morgan fingerprint density at radius 3 is 2.55 bits per heavy atom. The molecule has 1 N–H and O–H groups in total. The van der Waals surface area contributed by atoms with E-state index in [1.807, 2.05) is 6.07 Å². The first kappa shape index (κ1) is 22.6. The number of unbranched alkanes of at least 4 members (excludes halogenated alkanes) is 3. The van der Waals surface area contributed by atoms with Crippen LogP contribution in [0.2, 0.25) is 0 Å². The molecule has 0 radical (unpaired) electrons. The van der Waals surface area contributed by atoms with Crippen molar-refractivity contribution >= 4 is 0 Å². The van der Waals surface area contributed by atoms with Crippen LogP contribution in [0.15, 0.2) is 30.3 Å². The lowest BCUT2D eigenvalue weighted by molar-refractivity contribution is 0.174. The summed E-state index contributed by atoms with van der Waals surface area (Å²) >= 11 is 0. The Kier molecular flexibility index (Phi) is 7.72. The van der Waals surface area contributed by atoms with E-state index in [2.05, 4.69) is 29.6 Å². The number of ether oxygens (including phenoxy) is 3. The minimum atomic E-state index is 0. The van der Waals surface area contributed by atoms with E-state index >= 15 is 0 Å². The highest BCUT2D eigenvalue weighted by atomic mass is 16.7. The fourth-order valence-electron chi connectivity index (χ4n) is 5.68. The first-order valence-electron chi connectivity index (χ1n) is 13.3. The van der Waals surface area contributed by atoms with Gasteiger partial charge in [-0.3, -0.25) is 0 Å². The third-order valence-corrected chi connectivity index (χ3v) is 7.54. The highest BCUT2D eigenvalue weighted by molar-refractivity contribution is 5.73. The van der Waals surface area contributed by atoms with Crippen LogP contribution in [0.1, 0.15) is 83.2 Å². The second-order valence-corrected chi connectivity index (χ2v) is 9.90. The zero-order valence-corrected chi connectivity index (χ0v) is 20.0. The normalized spacial score (nSPS) is 17.7. The van der Waals surface area contributed by atoms with Crippen LogP contribution in [0.25, 0.3) is 11.1 Å². The summed E-state index contributed by atoms with van der Waals surface area (Å²) in [6, 6.07) is 11.5. The molecule has 5 rings (SSSR count). The Bertz CT molecular complexity index is 926. The van der Waals surface area contributed by atoms with Crippen molar-refractivity contribution in [1.29, 1.82) is 0 Å². The molecule has 180 valence electrons. The highest BCUT2D eigenvalue weighted by Gasteiger charge is 2.21. The molecule has 1 heterocycles. The number of rotatable bonds is 10. The summed E-state index contributed by atoms with van der Waals surface area (Å²) in [6.07, 6.45) is 16.8. The molecule has 2 aromatic rings. The number of hydrogen-bond donors (Lipinski definition) is 1. The highest BCUT2D eigenvalue weighted by Crippen LogP contribution is 2.41. The molecule has 0 bridgehead atoms. The molecule has 1 saturated carbocycles. The topological polar surface area (TPSA) is 39.7 Å². The maximum Gasteiger partial charge on any atom is 0.231 e. The van der Waals surface area contributed by atoms with Crippen LogP contribution in [0.3, 0.4) is 0 Å². The summed E-state index contributed by atoms with van der Waals surface area (Å²) < 4.78 is 17.4. The smallest absolute Gasteiger partial charge is 0.231 e. The lowest BCUT2D eigenvalue weighted by Crippen LogP contribution is -2.31. The summed E-state index contributed by atoms with van der Waals surface area (Å²) in [5.74, 6) is 2.80. The van der Waals surface area contributed by atoms with Crippen molar-refractivity contribution in [1.82, 2.24) is 5.32 Å². The Hall–Kier alpha value is -2.20. The van der Waals surface area contributed by atoms with E-state index in [1.54, 1.807) is 0 Å². The molecule has 0 spiro atoms. The van der Waals surface area contributed by atoms with Gasteiger partial charge in [0.2, 0.25) is 6.79 Å². The Morgan fingerprint density at radius 2 is 1.64 bits per heavy atom. The van der Waals surface area contributed by atoms with E-state index in [-0.39, 0.29) is 1.43 Å². The van der Waals surface area contributed by atoms with Crippen molar-refractivity contribution in [2.75, 3.05) is 19.9 Å². The van der Waals surface area contributed by atoms with Crippen LogP contribution < -0.4 is 19.5 Å². The quantitative estimate of drug-likeness (QED) is 0.392. The van der Waals surface area contributed by atoms with E-state index in [1.165, 1.54) is 93.0 Å². The molecule has 3 aliphatic rings. The Morgan fingerprint density at radius 1 is 0.818 bits per heavy atom. The van der Waals surface area contributed by atoms with Crippen molar-refractivity contribution in [3.05, 3.63) is 41.5 Å². The first-order valence-corrected chi connectivity index (χ1v) is 13.3. The third kappa shape index (κ3) is 5.66. The number of fused-ring (bicyclic) bond motifs is 2. The standard InChI is InChI=1S/C29H39NO3.H2/c1(8-18-30-23-10-4-3-5-11-23)2-9-19-31-27-17-15-24(25-12-6-7-13-26(25)27)22-14-16-28-29(20-22)33-21-32-28;/h14-17,20,23,30H,1-13,18-19,21H2;1H. The molecule has 4 nitrogen and oxygen atoms in total. The predicted molar refractivity (Wildman–Crippen MR) is 136 cm³/mol. The van der Waals surface area contributed by atoms with Gasteiger partial charge in [0, 0.05) is 7.47 Å². The Labute approximate surface area is 200 Å². The van der Waals surface area contributed by atoms with Gasteiger partial charge in [-0.2, -0.15) is 0 Å². The summed E-state index contributed by atoms with van der Waals surface area (Å²) in [6.45, 7) is 2.33. The Balaban J connectivity index is 0.00000274. The number of hydrogen-bond acceptors (Lipinski definition) is 4. The van der Waals surface area contributed by atoms with Crippen molar-refractivity contribution in [2.45, 2.75) is 89.5 Å². The van der Waals surface area contributed by atoms with Gasteiger partial charge in [0.05, 0.1) is 6.61 Å². The molecule has 2 aromatic carbocycles. The van der Waals surface area contributed by atoms with Gasteiger partial charge in [0.1, 0.15) is 5.75 Å². The molecule has 0 unspecified atom stereocenters. The molecule has 4 heteroatoms. The molecule has 2 aliphatic carbocycles. The fraction of sp³-hybridized carbons (Fsp3) is 0.586. The van der Waals surface area contributed by atoms with Gasteiger partial charge in [-0.05, 0) is 98.4 Å². The summed E-state index contributed by atoms with van der Waals surface area (Å²) in [5.41, 5.74) is 5.42. The monoisotopic (exact) mass is 451 g/mol. The van der Waals surface area contributed by atoms with E-state index in [0.717, 1.165) is 49.2 Å². The van der Waals surface area contributed by atoms with E-state index in [4.69, 9.17) is 14.2 Å². The van der Waals surface area contributed by atoms with Crippen molar-refractivity contribution in [3.8, 4) is 28.4 Å². The second kappa shape index (κ2) is 11.3. The van der Waals surface area contributed by atoms with E-state index in [9.17, 15) is 0 Å². The van der Waals surface area contributed by atoms with Gasteiger partial charge in [0.25, 0.3) is 0 Å². The van der Waals surface area contributed by atoms with Crippen molar-refractivity contribution in [2.24, 2.45) is 0 Å². The van der Waals surface area contributed by atoms with Crippen LogP contribution >= 0.6 is 0 Å². The van der Waals surface area contributed by atoms with Gasteiger partial charge >= 0.3 is 0 Å². The van der Waals surface area contributed by atoms with E-state index < -0.39 is 0 Å². The lowest BCUT2D eigenvalue weighted by Gasteiger charge is -2.23. The summed E-state index contributed by atoms with van der Waals surface area (Å²) in [7, 11) is 0. The number of nitrogens with one attached hydrogen (secondary N) is 1. The zero-order chi connectivity index (χ0) is 22.3. The van der Waals surface area contributed by atoms with Gasteiger partial charge in [-0.25, -0.2) is 0 Å². The van der Waals surface area contributed by atoms with Gasteiger partial charge < -0.3 is 19.5 Å². The van der Waals surface area contributed by atoms with Crippen LogP contribution in [0.5, 0.6) is 17.2 Å². The van der Waals surface area contributed by atoms with Gasteiger partial charge in [0.15, 0.2) is 11.5 Å². The van der Waals surface area contributed by atoms with Crippen molar-refractivity contribution in [3.63, 3.8) is 0 Å². The maximum atomic E-state index is 6.31. The molecular formula is C29H41NO3. The van der Waals surface area contributed by atoms with Crippen LogP contribution in [-0.4, -0.2) is 26.0 Å². The molecular weight excluding hydrogens is 410 g/mol. The molecule has 0 atom stereocenters. The number of benzene rings is 2. The van der Waals surface area contributed by atoms with Gasteiger partial charge in [-0.1, -0.05) is 44.2 Å². The average Bonchev–Trinajstić information content (AvgIpc) is 3.34. The summed E-state index contributed by atoms with van der Waals surface area (Å²) in [4.78, 5) is 0. The largest absolute Gasteiger partial charge is 0.493 e. The zero-order valence-electron chi connectivity index (χ0n) is 20.0. The van der Waals surface area contributed by atoms with Gasteiger partial charge in [-0.15, -0.1) is 0 Å². The molecule has 0 aromatic heterocycles. The second-order valence-electron chi connectivity index (χ2n) is 9.90. The molecule has 0 saturated heterocycles. The average molecular weight is 452 g/mol. The minimum Gasteiger partial charge on any atom is -0.493 e. The molecule has 33 heavy (non-hydrogen) atoms. The SMILES string of the molecule is [HH].c1cc2c(cc1-c1ccc(OCCCCCCNC3CCCCC3)c3c1CCCC3)OCO2. The fourth-order valence-corrected chi connectivity index (χ4v) is 5.68. The molecule has 1 fully saturated rings. The first-order chi connectivity index (χ1) is 16.4. The molecule has 1 aliphatic heterocycles. The van der Waals surface area contributed by atoms with Crippen LogP contribution in [-0.2, 0) is 12.8 Å². The lowest BCUT2D eigenvalue weighted by atomic mass is 9.85. The maximum absolute atomic E-state index is 6.31. The minimum absolute atomic E-state index is 0. The van der Waals surface area contributed by atoms with Crippen LogP contribution in [0, 0.1) is 0 Å². The van der Waals surface area contributed by atoms with Crippen LogP contribution in [0.4, 0.5) is 0 Å². The predicted octanol–water partition coefficient (Wildman–Crippen LogP) is 7.07.